The van der Waals surface area contributed by atoms with Crippen molar-refractivity contribution in [1.29, 1.82) is 0 Å². The van der Waals surface area contributed by atoms with E-state index in [1.54, 1.807) is 7.11 Å². The molecule has 0 aliphatic heterocycles. The second-order valence-electron chi connectivity index (χ2n) is 5.13. The van der Waals surface area contributed by atoms with Crippen molar-refractivity contribution in [2.45, 2.75) is 39.8 Å². The molecule has 0 saturated carbocycles. The van der Waals surface area contributed by atoms with Gasteiger partial charge >= 0.3 is 0 Å². The number of ether oxygens (including phenoxy) is 2. The van der Waals surface area contributed by atoms with E-state index in [0.717, 1.165) is 11.3 Å². The molecule has 102 valence electrons. The highest BCUT2D eigenvalue weighted by Gasteiger charge is 2.15. The van der Waals surface area contributed by atoms with E-state index in [4.69, 9.17) is 15.2 Å². The molecule has 2 atom stereocenters. The van der Waals surface area contributed by atoms with E-state index in [1.807, 2.05) is 19.1 Å². The Morgan fingerprint density at radius 2 is 1.89 bits per heavy atom. The summed E-state index contributed by atoms with van der Waals surface area (Å²) in [5.41, 5.74) is 8.37. The molecule has 0 radical (unpaired) electrons. The first-order valence-electron chi connectivity index (χ1n) is 6.47. The van der Waals surface area contributed by atoms with Gasteiger partial charge in [-0.3, -0.25) is 0 Å². The summed E-state index contributed by atoms with van der Waals surface area (Å²) in [6.07, 6.45) is 0.215. The van der Waals surface area contributed by atoms with Gasteiger partial charge in [-0.15, -0.1) is 0 Å². The third kappa shape index (κ3) is 4.00. The van der Waals surface area contributed by atoms with Gasteiger partial charge in [-0.2, -0.15) is 0 Å². The Morgan fingerprint density at radius 1 is 1.22 bits per heavy atom. The van der Waals surface area contributed by atoms with Crippen molar-refractivity contribution >= 4 is 0 Å². The Kier molecular flexibility index (Phi) is 5.63. The second-order valence-corrected chi connectivity index (χ2v) is 5.13. The number of rotatable bonds is 6. The van der Waals surface area contributed by atoms with E-state index in [2.05, 4.69) is 26.8 Å². The standard InChI is InChI=1S/C15H25NO2/c1-10(2)12(4)18-9-14(16)13-8-11(3)6-7-15(13)17-5/h6-8,10,12,14H,9,16H2,1-5H3. The summed E-state index contributed by atoms with van der Waals surface area (Å²) >= 11 is 0. The van der Waals surface area contributed by atoms with E-state index in [9.17, 15) is 0 Å². The van der Waals surface area contributed by atoms with Crippen LogP contribution in [-0.2, 0) is 4.74 Å². The van der Waals surface area contributed by atoms with Crippen LogP contribution in [0.25, 0.3) is 0 Å². The lowest BCUT2D eigenvalue weighted by atomic mass is 10.0. The normalized spacial score (nSPS) is 14.6. The van der Waals surface area contributed by atoms with E-state index in [1.165, 1.54) is 5.56 Å². The number of nitrogens with two attached hydrogens (primary N) is 1. The number of methoxy groups -OCH3 is 1. The van der Waals surface area contributed by atoms with Gasteiger partial charge in [0.2, 0.25) is 0 Å². The summed E-state index contributed by atoms with van der Waals surface area (Å²) in [4.78, 5) is 0. The summed E-state index contributed by atoms with van der Waals surface area (Å²) in [6.45, 7) is 8.92. The molecule has 0 saturated heterocycles. The fraction of sp³-hybridized carbons (Fsp3) is 0.600. The summed E-state index contributed by atoms with van der Waals surface area (Å²) in [7, 11) is 1.67. The number of benzene rings is 1. The lowest BCUT2D eigenvalue weighted by Gasteiger charge is -2.21. The lowest BCUT2D eigenvalue weighted by Crippen LogP contribution is -2.24. The van der Waals surface area contributed by atoms with Crippen LogP contribution in [0.1, 0.15) is 37.9 Å². The SMILES string of the molecule is COc1ccc(C)cc1C(N)COC(C)C(C)C. The van der Waals surface area contributed by atoms with Gasteiger partial charge in [0, 0.05) is 5.56 Å². The Hall–Kier alpha value is -1.06. The fourth-order valence-corrected chi connectivity index (χ4v) is 1.68. The molecular weight excluding hydrogens is 226 g/mol. The topological polar surface area (TPSA) is 44.5 Å². The van der Waals surface area contributed by atoms with E-state index in [-0.39, 0.29) is 12.1 Å². The van der Waals surface area contributed by atoms with Crippen LogP contribution < -0.4 is 10.5 Å². The summed E-state index contributed by atoms with van der Waals surface area (Å²) in [6, 6.07) is 5.89. The maximum Gasteiger partial charge on any atom is 0.123 e. The van der Waals surface area contributed by atoms with Gasteiger partial charge in [0.05, 0.1) is 25.9 Å². The molecule has 0 aliphatic rings. The molecule has 3 heteroatoms. The number of aryl methyl sites for hydroxylation is 1. The predicted octanol–water partition coefficient (Wildman–Crippen LogP) is 3.06. The van der Waals surface area contributed by atoms with E-state index < -0.39 is 0 Å². The molecule has 0 fully saturated rings. The van der Waals surface area contributed by atoms with Crippen molar-refractivity contribution in [2.24, 2.45) is 11.7 Å². The molecular formula is C15H25NO2. The third-order valence-electron chi connectivity index (χ3n) is 3.26. The van der Waals surface area contributed by atoms with Crippen molar-refractivity contribution in [2.75, 3.05) is 13.7 Å². The van der Waals surface area contributed by atoms with Crippen molar-refractivity contribution in [3.63, 3.8) is 0 Å². The molecule has 1 aromatic rings. The predicted molar refractivity (Wildman–Crippen MR) is 74.9 cm³/mol. The van der Waals surface area contributed by atoms with Gasteiger partial charge in [0.25, 0.3) is 0 Å². The van der Waals surface area contributed by atoms with Crippen LogP contribution in [0.5, 0.6) is 5.75 Å². The average molecular weight is 251 g/mol. The monoisotopic (exact) mass is 251 g/mol. The van der Waals surface area contributed by atoms with Crippen LogP contribution in [0.3, 0.4) is 0 Å². The molecule has 0 bridgehead atoms. The van der Waals surface area contributed by atoms with E-state index >= 15 is 0 Å². The number of hydrogen-bond donors (Lipinski definition) is 1. The largest absolute Gasteiger partial charge is 0.496 e. The van der Waals surface area contributed by atoms with Crippen molar-refractivity contribution in [3.8, 4) is 5.75 Å². The summed E-state index contributed by atoms with van der Waals surface area (Å²) in [5.74, 6) is 1.32. The molecule has 1 rings (SSSR count). The Morgan fingerprint density at radius 3 is 2.44 bits per heavy atom. The first kappa shape index (κ1) is 15.0. The molecule has 3 nitrogen and oxygen atoms in total. The molecule has 2 N–H and O–H groups in total. The minimum absolute atomic E-state index is 0.152. The van der Waals surface area contributed by atoms with Crippen molar-refractivity contribution in [1.82, 2.24) is 0 Å². The van der Waals surface area contributed by atoms with Crippen LogP contribution >= 0.6 is 0 Å². The molecule has 0 aliphatic carbocycles. The average Bonchev–Trinajstić information content (AvgIpc) is 2.35. The van der Waals surface area contributed by atoms with Crippen LogP contribution in [0.15, 0.2) is 18.2 Å². The molecule has 0 aromatic heterocycles. The third-order valence-corrected chi connectivity index (χ3v) is 3.26. The van der Waals surface area contributed by atoms with Crippen molar-refractivity contribution < 1.29 is 9.47 Å². The fourth-order valence-electron chi connectivity index (χ4n) is 1.68. The Balaban J connectivity index is 2.71. The highest BCUT2D eigenvalue weighted by atomic mass is 16.5. The molecule has 0 amide bonds. The zero-order valence-corrected chi connectivity index (χ0v) is 12.1. The van der Waals surface area contributed by atoms with Crippen molar-refractivity contribution in [3.05, 3.63) is 29.3 Å². The zero-order chi connectivity index (χ0) is 13.7. The minimum atomic E-state index is -0.152. The highest BCUT2D eigenvalue weighted by molar-refractivity contribution is 5.39. The first-order valence-corrected chi connectivity index (χ1v) is 6.47. The van der Waals surface area contributed by atoms with Crippen LogP contribution in [0, 0.1) is 12.8 Å². The maximum atomic E-state index is 6.18. The summed E-state index contributed by atoms with van der Waals surface area (Å²) < 4.78 is 11.1. The quantitative estimate of drug-likeness (QED) is 0.845. The Labute approximate surface area is 110 Å². The van der Waals surface area contributed by atoms with E-state index in [0.29, 0.717) is 12.5 Å². The zero-order valence-electron chi connectivity index (χ0n) is 12.1. The van der Waals surface area contributed by atoms with Crippen LogP contribution in [-0.4, -0.2) is 19.8 Å². The highest BCUT2D eigenvalue weighted by Crippen LogP contribution is 2.25. The Bertz CT molecular complexity index is 377. The lowest BCUT2D eigenvalue weighted by molar-refractivity contribution is 0.0269. The van der Waals surface area contributed by atoms with Gasteiger partial charge < -0.3 is 15.2 Å². The number of hydrogen-bond acceptors (Lipinski definition) is 3. The summed E-state index contributed by atoms with van der Waals surface area (Å²) in [5, 5.41) is 0. The van der Waals surface area contributed by atoms with Gasteiger partial charge in [0.1, 0.15) is 5.75 Å². The van der Waals surface area contributed by atoms with Crippen LogP contribution in [0.2, 0.25) is 0 Å². The maximum absolute atomic E-state index is 6.18. The van der Waals surface area contributed by atoms with Crippen LogP contribution in [0.4, 0.5) is 0 Å². The molecule has 0 heterocycles. The van der Waals surface area contributed by atoms with Gasteiger partial charge in [-0.05, 0) is 25.8 Å². The van der Waals surface area contributed by atoms with Gasteiger partial charge in [-0.1, -0.05) is 31.5 Å². The first-order chi connectivity index (χ1) is 8.45. The molecule has 2 unspecified atom stereocenters. The second kappa shape index (κ2) is 6.76. The molecule has 0 spiro atoms. The smallest absolute Gasteiger partial charge is 0.123 e. The van der Waals surface area contributed by atoms with Gasteiger partial charge in [0.15, 0.2) is 0 Å². The molecule has 18 heavy (non-hydrogen) atoms. The minimum Gasteiger partial charge on any atom is -0.496 e. The van der Waals surface area contributed by atoms with Gasteiger partial charge in [-0.25, -0.2) is 0 Å². The molecule has 1 aromatic carbocycles.